The van der Waals surface area contributed by atoms with E-state index in [4.69, 9.17) is 16.3 Å². The van der Waals surface area contributed by atoms with Gasteiger partial charge in [-0.1, -0.05) is 11.6 Å². The first-order valence-corrected chi connectivity index (χ1v) is 8.83. The van der Waals surface area contributed by atoms with E-state index in [1.165, 1.54) is 7.11 Å². The molecule has 0 saturated carbocycles. The van der Waals surface area contributed by atoms with Gasteiger partial charge in [0, 0.05) is 23.7 Å². The van der Waals surface area contributed by atoms with Crippen LogP contribution in [0.2, 0.25) is 5.02 Å². The quantitative estimate of drug-likeness (QED) is 0.720. The van der Waals surface area contributed by atoms with E-state index >= 15 is 0 Å². The molecular formula is C18H21ClN2O6. The van der Waals surface area contributed by atoms with Crippen molar-refractivity contribution in [3.8, 4) is 0 Å². The number of ether oxygens (including phenoxy) is 2. The molecule has 8 nitrogen and oxygen atoms in total. The fourth-order valence-corrected chi connectivity index (χ4v) is 2.77. The zero-order valence-electron chi connectivity index (χ0n) is 14.9. The normalized spacial score (nSPS) is 14.4. The lowest BCUT2D eigenvalue weighted by atomic mass is 9.96. The molecule has 0 unspecified atom stereocenters. The first-order valence-electron chi connectivity index (χ1n) is 8.45. The molecule has 2 rings (SSSR count). The third kappa shape index (κ3) is 6.25. The second-order valence-corrected chi connectivity index (χ2v) is 6.47. The number of nitrogens with zero attached hydrogens (tertiary/aromatic N) is 1. The fraction of sp³-hybridized carbons (Fsp3) is 0.444. The van der Waals surface area contributed by atoms with E-state index in [9.17, 15) is 19.2 Å². The van der Waals surface area contributed by atoms with Crippen LogP contribution >= 0.6 is 11.6 Å². The number of hydrogen-bond acceptors (Lipinski definition) is 6. The van der Waals surface area contributed by atoms with Gasteiger partial charge in [0.05, 0.1) is 13.0 Å². The summed E-state index contributed by atoms with van der Waals surface area (Å²) >= 11 is 5.82. The molecule has 1 saturated heterocycles. The van der Waals surface area contributed by atoms with Crippen molar-refractivity contribution in [3.63, 3.8) is 0 Å². The van der Waals surface area contributed by atoms with E-state index in [0.29, 0.717) is 36.5 Å². The predicted octanol–water partition coefficient (Wildman–Crippen LogP) is 1.02. The Hall–Kier alpha value is -2.61. The number of methoxy groups -OCH3 is 1. The maximum Gasteiger partial charge on any atom is 0.325 e. The van der Waals surface area contributed by atoms with E-state index in [-0.39, 0.29) is 18.4 Å². The zero-order chi connectivity index (χ0) is 19.8. The number of rotatable bonds is 6. The van der Waals surface area contributed by atoms with E-state index in [1.54, 1.807) is 29.2 Å². The van der Waals surface area contributed by atoms with Crippen LogP contribution in [0.1, 0.15) is 23.2 Å². The Bertz CT molecular complexity index is 698. The summed E-state index contributed by atoms with van der Waals surface area (Å²) in [6, 6.07) is 6.64. The minimum Gasteiger partial charge on any atom is -0.468 e. The Kier molecular flexibility index (Phi) is 7.60. The molecule has 0 radical (unpaired) electrons. The zero-order valence-corrected chi connectivity index (χ0v) is 15.7. The average molecular weight is 397 g/mol. The maximum absolute atomic E-state index is 12.4. The SMILES string of the molecule is COC(=O)CNC(=O)COC(=O)C1CCN(C(=O)c2ccc(Cl)cc2)CC1. The van der Waals surface area contributed by atoms with Crippen LogP contribution in [-0.2, 0) is 23.9 Å². The average Bonchev–Trinajstić information content (AvgIpc) is 2.70. The maximum atomic E-state index is 12.4. The highest BCUT2D eigenvalue weighted by molar-refractivity contribution is 6.30. The minimum atomic E-state index is -0.590. The Balaban J connectivity index is 1.73. The molecule has 1 aliphatic rings. The summed E-state index contributed by atoms with van der Waals surface area (Å²) in [6.45, 7) is 0.114. The van der Waals surface area contributed by atoms with Crippen molar-refractivity contribution >= 4 is 35.4 Å². The summed E-state index contributed by atoms with van der Waals surface area (Å²) in [4.78, 5) is 48.6. The molecule has 0 aromatic heterocycles. The monoisotopic (exact) mass is 396 g/mol. The number of benzene rings is 1. The van der Waals surface area contributed by atoms with Crippen LogP contribution in [0.25, 0.3) is 0 Å². The molecule has 1 heterocycles. The molecule has 1 aliphatic heterocycles. The molecule has 0 atom stereocenters. The lowest BCUT2D eigenvalue weighted by molar-refractivity contribution is -0.154. The van der Waals surface area contributed by atoms with Crippen LogP contribution in [0, 0.1) is 5.92 Å². The molecule has 1 fully saturated rings. The Morgan fingerprint density at radius 3 is 2.37 bits per heavy atom. The number of amides is 2. The van der Waals surface area contributed by atoms with Gasteiger partial charge in [0.25, 0.3) is 11.8 Å². The molecule has 1 N–H and O–H groups in total. The van der Waals surface area contributed by atoms with Gasteiger partial charge < -0.3 is 19.7 Å². The molecule has 0 bridgehead atoms. The third-order valence-electron chi connectivity index (χ3n) is 4.21. The van der Waals surface area contributed by atoms with Gasteiger partial charge in [-0.2, -0.15) is 0 Å². The highest BCUT2D eigenvalue weighted by atomic mass is 35.5. The van der Waals surface area contributed by atoms with Crippen LogP contribution in [0.15, 0.2) is 24.3 Å². The van der Waals surface area contributed by atoms with Gasteiger partial charge in [0.1, 0.15) is 6.54 Å². The van der Waals surface area contributed by atoms with Gasteiger partial charge >= 0.3 is 11.9 Å². The Labute approximate surface area is 161 Å². The highest BCUT2D eigenvalue weighted by Gasteiger charge is 2.29. The van der Waals surface area contributed by atoms with Crippen LogP contribution in [0.5, 0.6) is 0 Å². The summed E-state index contributed by atoms with van der Waals surface area (Å²) in [5.74, 6) is -2.13. The summed E-state index contributed by atoms with van der Waals surface area (Å²) in [5, 5.41) is 2.84. The Morgan fingerprint density at radius 1 is 1.15 bits per heavy atom. The molecule has 2 amide bonds. The third-order valence-corrected chi connectivity index (χ3v) is 4.46. The van der Waals surface area contributed by atoms with Crippen molar-refractivity contribution in [2.24, 2.45) is 5.92 Å². The Morgan fingerprint density at radius 2 is 1.78 bits per heavy atom. The number of piperidine rings is 1. The number of carbonyl (C=O) groups excluding carboxylic acids is 4. The molecule has 0 aliphatic carbocycles. The van der Waals surface area contributed by atoms with Crippen LogP contribution in [0.3, 0.4) is 0 Å². The number of hydrogen-bond donors (Lipinski definition) is 1. The number of nitrogens with one attached hydrogen (secondary N) is 1. The summed E-state index contributed by atoms with van der Waals surface area (Å²) < 4.78 is 9.37. The molecule has 1 aromatic rings. The van der Waals surface area contributed by atoms with Gasteiger partial charge in [-0.3, -0.25) is 19.2 Å². The van der Waals surface area contributed by atoms with Gasteiger partial charge in [0.2, 0.25) is 0 Å². The minimum absolute atomic E-state index is 0.110. The van der Waals surface area contributed by atoms with E-state index in [2.05, 4.69) is 10.1 Å². The van der Waals surface area contributed by atoms with Crippen molar-refractivity contribution in [1.82, 2.24) is 10.2 Å². The summed E-state index contributed by atoms with van der Waals surface area (Å²) in [5.41, 5.74) is 0.544. The van der Waals surface area contributed by atoms with Crippen molar-refractivity contribution < 1.29 is 28.7 Å². The van der Waals surface area contributed by atoms with Crippen molar-refractivity contribution in [2.45, 2.75) is 12.8 Å². The molecule has 1 aromatic carbocycles. The van der Waals surface area contributed by atoms with Crippen molar-refractivity contribution in [1.29, 1.82) is 0 Å². The van der Waals surface area contributed by atoms with E-state index in [0.717, 1.165) is 0 Å². The molecular weight excluding hydrogens is 376 g/mol. The summed E-state index contributed by atoms with van der Waals surface area (Å²) in [7, 11) is 1.21. The number of halogens is 1. The highest BCUT2D eigenvalue weighted by Crippen LogP contribution is 2.21. The second kappa shape index (κ2) is 9.91. The van der Waals surface area contributed by atoms with Gasteiger partial charge in [-0.15, -0.1) is 0 Å². The van der Waals surface area contributed by atoms with Crippen LogP contribution in [0.4, 0.5) is 0 Å². The standard InChI is InChI=1S/C18H21ClN2O6/c1-26-16(23)10-20-15(22)11-27-18(25)13-6-8-21(9-7-13)17(24)12-2-4-14(19)5-3-12/h2-5,13H,6-11H2,1H3,(H,20,22). The number of esters is 2. The number of carbonyl (C=O) groups is 4. The lowest BCUT2D eigenvalue weighted by Crippen LogP contribution is -2.41. The van der Waals surface area contributed by atoms with Gasteiger partial charge in [-0.25, -0.2) is 0 Å². The van der Waals surface area contributed by atoms with Crippen LogP contribution < -0.4 is 5.32 Å². The number of likely N-dealkylation sites (tertiary alicyclic amines) is 1. The first-order chi connectivity index (χ1) is 12.9. The predicted molar refractivity (Wildman–Crippen MR) is 96.1 cm³/mol. The molecule has 146 valence electrons. The van der Waals surface area contributed by atoms with Crippen molar-refractivity contribution in [3.05, 3.63) is 34.9 Å². The molecule has 27 heavy (non-hydrogen) atoms. The lowest BCUT2D eigenvalue weighted by Gasteiger charge is -2.31. The second-order valence-electron chi connectivity index (χ2n) is 6.03. The van der Waals surface area contributed by atoms with Gasteiger partial charge in [0.15, 0.2) is 6.61 Å². The smallest absolute Gasteiger partial charge is 0.325 e. The van der Waals surface area contributed by atoms with E-state index in [1.807, 2.05) is 0 Å². The molecule has 9 heteroatoms. The molecule has 0 spiro atoms. The van der Waals surface area contributed by atoms with E-state index < -0.39 is 24.5 Å². The van der Waals surface area contributed by atoms with Crippen LogP contribution in [-0.4, -0.2) is 62.0 Å². The van der Waals surface area contributed by atoms with Gasteiger partial charge in [-0.05, 0) is 37.1 Å². The fourth-order valence-electron chi connectivity index (χ4n) is 2.64. The topological polar surface area (TPSA) is 102 Å². The van der Waals surface area contributed by atoms with Crippen molar-refractivity contribution in [2.75, 3.05) is 33.4 Å². The largest absolute Gasteiger partial charge is 0.468 e. The summed E-state index contributed by atoms with van der Waals surface area (Å²) in [6.07, 6.45) is 0.921. The first kappa shape index (κ1) is 20.7.